The maximum atomic E-state index is 6.25. The quantitative estimate of drug-likeness (QED) is 0.732. The van der Waals surface area contributed by atoms with E-state index in [9.17, 15) is 0 Å². The third-order valence-corrected chi connectivity index (χ3v) is 4.17. The largest absolute Gasteiger partial charge is 0.353 e. The van der Waals surface area contributed by atoms with Crippen molar-refractivity contribution in [2.45, 2.75) is 32.7 Å². The SMILES string of the molecule is CC(C)c1c(Cl)ncnc1N(C)C(C)c1cccc(Cl)c1. The fourth-order valence-corrected chi connectivity index (χ4v) is 2.86. The van der Waals surface area contributed by atoms with Crippen LogP contribution >= 0.6 is 23.2 Å². The first kappa shape index (κ1) is 16.1. The highest BCUT2D eigenvalue weighted by atomic mass is 35.5. The van der Waals surface area contributed by atoms with Crippen LogP contribution in [0.3, 0.4) is 0 Å². The van der Waals surface area contributed by atoms with E-state index < -0.39 is 0 Å². The summed E-state index contributed by atoms with van der Waals surface area (Å²) in [6, 6.07) is 8.00. The van der Waals surface area contributed by atoms with Gasteiger partial charge in [-0.15, -0.1) is 0 Å². The highest BCUT2D eigenvalue weighted by molar-refractivity contribution is 6.30. The predicted molar refractivity (Wildman–Crippen MR) is 89.4 cm³/mol. The maximum absolute atomic E-state index is 6.25. The van der Waals surface area contributed by atoms with E-state index in [1.165, 1.54) is 6.33 Å². The van der Waals surface area contributed by atoms with Crippen molar-refractivity contribution in [3.05, 3.63) is 51.9 Å². The van der Waals surface area contributed by atoms with E-state index in [4.69, 9.17) is 23.2 Å². The van der Waals surface area contributed by atoms with Crippen molar-refractivity contribution in [1.82, 2.24) is 9.97 Å². The van der Waals surface area contributed by atoms with Gasteiger partial charge in [0.05, 0.1) is 6.04 Å². The number of halogens is 2. The van der Waals surface area contributed by atoms with Gasteiger partial charge in [0, 0.05) is 17.6 Å². The van der Waals surface area contributed by atoms with Gasteiger partial charge in [-0.05, 0) is 30.5 Å². The Labute approximate surface area is 135 Å². The van der Waals surface area contributed by atoms with Crippen LogP contribution in [0, 0.1) is 0 Å². The van der Waals surface area contributed by atoms with E-state index >= 15 is 0 Å². The van der Waals surface area contributed by atoms with Gasteiger partial charge in [0.15, 0.2) is 0 Å². The zero-order valence-corrected chi connectivity index (χ0v) is 14.2. The molecule has 0 aliphatic heterocycles. The van der Waals surface area contributed by atoms with Gasteiger partial charge in [0.2, 0.25) is 0 Å². The van der Waals surface area contributed by atoms with Crippen molar-refractivity contribution in [2.75, 3.05) is 11.9 Å². The molecule has 0 N–H and O–H groups in total. The molecule has 112 valence electrons. The van der Waals surface area contributed by atoms with Crippen molar-refractivity contribution >= 4 is 29.0 Å². The monoisotopic (exact) mass is 323 g/mol. The van der Waals surface area contributed by atoms with Crippen LogP contribution in [0.4, 0.5) is 5.82 Å². The Bertz CT molecular complexity index is 629. The van der Waals surface area contributed by atoms with Gasteiger partial charge in [0.1, 0.15) is 17.3 Å². The Morgan fingerprint density at radius 2 is 1.81 bits per heavy atom. The van der Waals surface area contributed by atoms with E-state index in [2.05, 4.69) is 41.7 Å². The van der Waals surface area contributed by atoms with E-state index in [1.807, 2.05) is 25.2 Å². The molecule has 0 saturated carbocycles. The molecular weight excluding hydrogens is 305 g/mol. The zero-order chi connectivity index (χ0) is 15.6. The normalized spacial score (nSPS) is 12.5. The van der Waals surface area contributed by atoms with Crippen molar-refractivity contribution in [3.63, 3.8) is 0 Å². The second-order valence-electron chi connectivity index (χ2n) is 5.40. The summed E-state index contributed by atoms with van der Waals surface area (Å²) in [5.41, 5.74) is 2.10. The topological polar surface area (TPSA) is 29.0 Å². The molecule has 0 aliphatic carbocycles. The lowest BCUT2D eigenvalue weighted by Crippen LogP contribution is -2.24. The van der Waals surface area contributed by atoms with Crippen LogP contribution in [0.2, 0.25) is 10.2 Å². The Kier molecular flexibility index (Phi) is 5.07. The van der Waals surface area contributed by atoms with Crippen molar-refractivity contribution in [3.8, 4) is 0 Å². The second kappa shape index (κ2) is 6.63. The predicted octanol–water partition coefficient (Wildman–Crippen LogP) is 5.10. The first-order chi connectivity index (χ1) is 9.91. The molecule has 1 heterocycles. The van der Waals surface area contributed by atoms with Crippen LogP contribution in [0.5, 0.6) is 0 Å². The lowest BCUT2D eigenvalue weighted by atomic mass is 10.0. The van der Waals surface area contributed by atoms with Crippen LogP contribution < -0.4 is 4.90 Å². The zero-order valence-electron chi connectivity index (χ0n) is 12.6. The molecule has 1 atom stereocenters. The standard InChI is InChI=1S/C16H19Cl2N3/c1-10(2)14-15(18)19-9-20-16(14)21(4)11(3)12-6-5-7-13(17)8-12/h5-11H,1-4H3. The summed E-state index contributed by atoms with van der Waals surface area (Å²) < 4.78 is 0. The molecule has 0 spiro atoms. The summed E-state index contributed by atoms with van der Waals surface area (Å²) in [4.78, 5) is 10.6. The fraction of sp³-hybridized carbons (Fsp3) is 0.375. The Morgan fingerprint density at radius 1 is 1.10 bits per heavy atom. The molecule has 1 aromatic carbocycles. The third-order valence-electron chi connectivity index (χ3n) is 3.64. The number of anilines is 1. The van der Waals surface area contributed by atoms with Gasteiger partial charge in [-0.25, -0.2) is 9.97 Å². The van der Waals surface area contributed by atoms with Gasteiger partial charge in [-0.2, -0.15) is 0 Å². The molecule has 0 radical (unpaired) electrons. The van der Waals surface area contributed by atoms with Crippen LogP contribution in [-0.4, -0.2) is 17.0 Å². The van der Waals surface area contributed by atoms with Crippen molar-refractivity contribution < 1.29 is 0 Å². The van der Waals surface area contributed by atoms with Gasteiger partial charge in [-0.1, -0.05) is 49.2 Å². The average molecular weight is 324 g/mol. The first-order valence-corrected chi connectivity index (χ1v) is 7.66. The summed E-state index contributed by atoms with van der Waals surface area (Å²) in [5, 5.41) is 1.25. The van der Waals surface area contributed by atoms with E-state index in [-0.39, 0.29) is 12.0 Å². The minimum Gasteiger partial charge on any atom is -0.353 e. The highest BCUT2D eigenvalue weighted by Gasteiger charge is 2.21. The summed E-state index contributed by atoms with van der Waals surface area (Å²) in [6.07, 6.45) is 1.50. The molecule has 0 aliphatic rings. The smallest absolute Gasteiger partial charge is 0.138 e. The molecule has 1 unspecified atom stereocenters. The fourth-order valence-electron chi connectivity index (χ4n) is 2.32. The summed E-state index contributed by atoms with van der Waals surface area (Å²) >= 11 is 12.3. The molecule has 21 heavy (non-hydrogen) atoms. The molecule has 1 aromatic heterocycles. The second-order valence-corrected chi connectivity index (χ2v) is 6.19. The van der Waals surface area contributed by atoms with Gasteiger partial charge >= 0.3 is 0 Å². The van der Waals surface area contributed by atoms with Crippen LogP contribution in [-0.2, 0) is 0 Å². The van der Waals surface area contributed by atoms with Crippen molar-refractivity contribution in [2.24, 2.45) is 0 Å². The minimum atomic E-state index is 0.132. The number of benzene rings is 1. The molecule has 0 bridgehead atoms. The highest BCUT2D eigenvalue weighted by Crippen LogP contribution is 2.34. The van der Waals surface area contributed by atoms with E-state index in [0.29, 0.717) is 5.15 Å². The Balaban J connectivity index is 2.40. The summed E-state index contributed by atoms with van der Waals surface area (Å²) in [7, 11) is 2.01. The van der Waals surface area contributed by atoms with Gasteiger partial charge in [-0.3, -0.25) is 0 Å². The summed E-state index contributed by atoms with van der Waals surface area (Å²) in [5.74, 6) is 1.11. The number of rotatable bonds is 4. The average Bonchev–Trinajstić information content (AvgIpc) is 2.45. The maximum Gasteiger partial charge on any atom is 0.138 e. The van der Waals surface area contributed by atoms with Crippen LogP contribution in [0.1, 0.15) is 43.9 Å². The molecule has 0 amide bonds. The molecular formula is C16H19Cl2N3. The van der Waals surface area contributed by atoms with Gasteiger partial charge < -0.3 is 4.90 Å². The van der Waals surface area contributed by atoms with Crippen molar-refractivity contribution in [1.29, 1.82) is 0 Å². The minimum absolute atomic E-state index is 0.132. The third kappa shape index (κ3) is 3.47. The number of hydrogen-bond donors (Lipinski definition) is 0. The number of hydrogen-bond acceptors (Lipinski definition) is 3. The Hall–Kier alpha value is -1.32. The van der Waals surface area contributed by atoms with Crippen LogP contribution in [0.25, 0.3) is 0 Å². The molecule has 0 saturated heterocycles. The molecule has 0 fully saturated rings. The molecule has 2 aromatic rings. The molecule has 3 nitrogen and oxygen atoms in total. The number of aromatic nitrogens is 2. The van der Waals surface area contributed by atoms with Gasteiger partial charge in [0.25, 0.3) is 0 Å². The first-order valence-electron chi connectivity index (χ1n) is 6.90. The van der Waals surface area contributed by atoms with E-state index in [0.717, 1.165) is 22.0 Å². The molecule has 5 heteroatoms. The Morgan fingerprint density at radius 3 is 2.43 bits per heavy atom. The lowest BCUT2D eigenvalue weighted by molar-refractivity contribution is 0.711. The number of nitrogens with zero attached hydrogens (tertiary/aromatic N) is 3. The molecule has 2 rings (SSSR count). The summed E-state index contributed by atoms with van der Waals surface area (Å²) in [6.45, 7) is 6.30. The lowest BCUT2D eigenvalue weighted by Gasteiger charge is -2.29. The van der Waals surface area contributed by atoms with Crippen LogP contribution in [0.15, 0.2) is 30.6 Å². The van der Waals surface area contributed by atoms with E-state index in [1.54, 1.807) is 0 Å².